The van der Waals surface area contributed by atoms with E-state index in [0.29, 0.717) is 0 Å². The summed E-state index contributed by atoms with van der Waals surface area (Å²) >= 11 is 0. The standard InChI is InChI=1S/3C10H8N2.CH3.Mn/c3*1-3-7-11-9(5-1)10-6-2-4-8-12-10;;/h3*1-8H;1H3;/q;;;-1;. The van der Waals surface area contributed by atoms with Gasteiger partial charge in [-0.1, -0.05) is 36.4 Å². The van der Waals surface area contributed by atoms with Crippen LogP contribution in [0, 0.1) is 7.43 Å². The molecule has 7 heteroatoms. The number of nitrogens with zero attached hydrogens (tertiary/aromatic N) is 6. The molecule has 6 aromatic heterocycles. The van der Waals surface area contributed by atoms with Crippen LogP contribution in [0.5, 0.6) is 0 Å². The molecule has 0 atom stereocenters. The van der Waals surface area contributed by atoms with Crippen LogP contribution in [-0.2, 0) is 17.1 Å². The molecule has 0 aromatic carbocycles. The van der Waals surface area contributed by atoms with E-state index < -0.39 is 0 Å². The molecule has 0 fully saturated rings. The first-order chi connectivity index (χ1) is 17.9. The quantitative estimate of drug-likeness (QED) is 0.181. The van der Waals surface area contributed by atoms with Crippen molar-refractivity contribution in [1.29, 1.82) is 0 Å². The molecule has 0 bridgehead atoms. The van der Waals surface area contributed by atoms with Crippen LogP contribution in [0.3, 0.4) is 0 Å². The summed E-state index contributed by atoms with van der Waals surface area (Å²) in [7, 11) is 0. The normalized spacial score (nSPS) is 9.16. The van der Waals surface area contributed by atoms with Gasteiger partial charge in [-0.2, -0.15) is 0 Å². The molecule has 0 aliphatic rings. The van der Waals surface area contributed by atoms with Crippen LogP contribution in [0.1, 0.15) is 0 Å². The minimum Gasteiger partial charge on any atom is -0.358 e. The van der Waals surface area contributed by atoms with Crippen LogP contribution in [0.4, 0.5) is 0 Å². The Morgan fingerprint density at radius 3 is 0.526 bits per heavy atom. The predicted octanol–water partition coefficient (Wildman–Crippen LogP) is 6.88. The van der Waals surface area contributed by atoms with E-state index in [1.165, 1.54) is 0 Å². The van der Waals surface area contributed by atoms with Gasteiger partial charge in [-0.3, -0.25) is 29.9 Å². The third kappa shape index (κ3) is 9.47. The van der Waals surface area contributed by atoms with Gasteiger partial charge in [-0.25, -0.2) is 0 Å². The molecule has 0 unspecified atom stereocenters. The number of hydrogen-bond donors (Lipinski definition) is 0. The van der Waals surface area contributed by atoms with Crippen molar-refractivity contribution in [1.82, 2.24) is 29.9 Å². The Morgan fingerprint density at radius 2 is 0.421 bits per heavy atom. The fourth-order valence-electron chi connectivity index (χ4n) is 3.09. The van der Waals surface area contributed by atoms with Crippen molar-refractivity contribution >= 4 is 0 Å². The predicted molar refractivity (Wildman–Crippen MR) is 149 cm³/mol. The van der Waals surface area contributed by atoms with Crippen LogP contribution >= 0.6 is 0 Å². The summed E-state index contributed by atoms with van der Waals surface area (Å²) in [6.45, 7) is 0. The summed E-state index contributed by atoms with van der Waals surface area (Å²) in [5.74, 6) is 0. The Labute approximate surface area is 234 Å². The molecule has 1 radical (unpaired) electrons. The van der Waals surface area contributed by atoms with Crippen LogP contribution < -0.4 is 0 Å². The van der Waals surface area contributed by atoms with Crippen molar-refractivity contribution in [2.75, 3.05) is 0 Å². The number of pyridine rings is 6. The Kier molecular flexibility index (Phi) is 13.2. The average Bonchev–Trinajstić information content (AvgIpc) is 3.01. The maximum atomic E-state index is 4.19. The summed E-state index contributed by atoms with van der Waals surface area (Å²) in [5.41, 5.74) is 5.49. The van der Waals surface area contributed by atoms with E-state index in [1.807, 2.05) is 109 Å². The molecule has 0 N–H and O–H groups in total. The molecule has 0 aliphatic carbocycles. The fraction of sp³-hybridized carbons (Fsp3) is 0. The first-order valence-electron chi connectivity index (χ1n) is 11.4. The van der Waals surface area contributed by atoms with Crippen molar-refractivity contribution in [3.8, 4) is 34.2 Å². The van der Waals surface area contributed by atoms with Crippen molar-refractivity contribution in [2.24, 2.45) is 0 Å². The molecule has 189 valence electrons. The van der Waals surface area contributed by atoms with Crippen LogP contribution in [0.15, 0.2) is 146 Å². The third-order valence-corrected chi connectivity index (χ3v) is 4.78. The van der Waals surface area contributed by atoms with E-state index in [2.05, 4.69) is 29.9 Å². The molecule has 38 heavy (non-hydrogen) atoms. The van der Waals surface area contributed by atoms with E-state index in [0.717, 1.165) is 34.2 Å². The molecule has 6 rings (SSSR count). The van der Waals surface area contributed by atoms with Crippen LogP contribution in [-0.4, -0.2) is 29.9 Å². The zero-order chi connectivity index (χ0) is 24.7. The minimum atomic E-state index is 0. The van der Waals surface area contributed by atoms with Gasteiger partial charge in [0.25, 0.3) is 0 Å². The number of aromatic nitrogens is 6. The van der Waals surface area contributed by atoms with E-state index in [-0.39, 0.29) is 24.5 Å². The average molecular weight is 539 g/mol. The molecule has 6 nitrogen and oxygen atoms in total. The molecule has 0 amide bonds. The first kappa shape index (κ1) is 29.6. The first-order valence-corrected chi connectivity index (χ1v) is 11.4. The van der Waals surface area contributed by atoms with Gasteiger partial charge in [0.2, 0.25) is 0 Å². The second-order valence-corrected chi connectivity index (χ2v) is 7.29. The van der Waals surface area contributed by atoms with Gasteiger partial charge in [0, 0.05) is 54.2 Å². The monoisotopic (exact) mass is 538 g/mol. The van der Waals surface area contributed by atoms with Gasteiger partial charge in [0.15, 0.2) is 0 Å². The summed E-state index contributed by atoms with van der Waals surface area (Å²) in [5, 5.41) is 0. The van der Waals surface area contributed by atoms with Gasteiger partial charge >= 0.3 is 0 Å². The molecule has 6 aromatic rings. The third-order valence-electron chi connectivity index (χ3n) is 4.78. The molecule has 0 saturated carbocycles. The second kappa shape index (κ2) is 17.0. The van der Waals surface area contributed by atoms with Gasteiger partial charge in [0.05, 0.1) is 34.2 Å². The van der Waals surface area contributed by atoms with E-state index in [4.69, 9.17) is 0 Å². The summed E-state index contributed by atoms with van der Waals surface area (Å²) in [6, 6.07) is 34.8. The van der Waals surface area contributed by atoms with E-state index >= 15 is 0 Å². The maximum Gasteiger partial charge on any atom is 0.0886 e. The van der Waals surface area contributed by atoms with Crippen molar-refractivity contribution in [3.05, 3.63) is 154 Å². The summed E-state index contributed by atoms with van der Waals surface area (Å²) in [4.78, 5) is 25.1. The van der Waals surface area contributed by atoms with E-state index in [1.54, 1.807) is 37.2 Å². The molecule has 6 heterocycles. The Balaban J connectivity index is 0.000000195. The molecule has 0 saturated heterocycles. The maximum absolute atomic E-state index is 4.19. The van der Waals surface area contributed by atoms with Crippen molar-refractivity contribution in [2.45, 2.75) is 0 Å². The smallest absolute Gasteiger partial charge is 0.0886 e. The summed E-state index contributed by atoms with van der Waals surface area (Å²) < 4.78 is 0. The fourth-order valence-corrected chi connectivity index (χ4v) is 3.09. The van der Waals surface area contributed by atoms with Crippen LogP contribution in [0.2, 0.25) is 0 Å². The van der Waals surface area contributed by atoms with Gasteiger partial charge in [-0.05, 0) is 72.8 Å². The van der Waals surface area contributed by atoms with Crippen molar-refractivity contribution in [3.63, 3.8) is 0 Å². The van der Waals surface area contributed by atoms with Gasteiger partial charge in [-0.15, -0.1) is 0 Å². The molecular formula is C31H27MnN6-. The molecule has 0 aliphatic heterocycles. The van der Waals surface area contributed by atoms with Crippen molar-refractivity contribution < 1.29 is 17.1 Å². The van der Waals surface area contributed by atoms with E-state index in [9.17, 15) is 0 Å². The molecule has 0 spiro atoms. The SMILES string of the molecule is [CH3-].[Mn].c1ccc(-c2ccccn2)nc1.c1ccc(-c2ccccn2)nc1.c1ccc(-c2ccccn2)nc1. The topological polar surface area (TPSA) is 77.3 Å². The van der Waals surface area contributed by atoms with Gasteiger partial charge in [0.1, 0.15) is 0 Å². The minimum absolute atomic E-state index is 0. The van der Waals surface area contributed by atoms with Gasteiger partial charge < -0.3 is 7.43 Å². The summed E-state index contributed by atoms with van der Waals surface area (Å²) in [6.07, 6.45) is 10.6. The number of hydrogen-bond acceptors (Lipinski definition) is 6. The largest absolute Gasteiger partial charge is 0.358 e. The zero-order valence-electron chi connectivity index (χ0n) is 20.9. The number of rotatable bonds is 3. The van der Waals surface area contributed by atoms with Crippen LogP contribution in [0.25, 0.3) is 34.2 Å². The Hall–Kier alpha value is -4.58. The molecular weight excluding hydrogens is 511 g/mol. The second-order valence-electron chi connectivity index (χ2n) is 7.29. The Bertz CT molecular complexity index is 1100. The Morgan fingerprint density at radius 1 is 0.263 bits per heavy atom. The zero-order valence-corrected chi connectivity index (χ0v) is 22.1.